The van der Waals surface area contributed by atoms with Crippen molar-refractivity contribution >= 4 is 11.6 Å². The molecule has 2 N–H and O–H groups in total. The molecule has 1 atom stereocenters. The highest BCUT2D eigenvalue weighted by molar-refractivity contribution is 5.79. The number of amides is 1. The molecule has 1 aromatic carbocycles. The van der Waals surface area contributed by atoms with Crippen molar-refractivity contribution in [3.8, 4) is 0 Å². The number of nitrogens with one attached hydrogen (secondary N) is 2. The molecular formula is C23H27FN4O3. The van der Waals surface area contributed by atoms with Crippen LogP contribution in [-0.4, -0.2) is 33.7 Å². The van der Waals surface area contributed by atoms with Crippen molar-refractivity contribution in [3.63, 3.8) is 0 Å². The SMILES string of the molecule is CC(C)[C@H](NC(=O)Cc1ccc(F)cc1)c1cc(=O)n2[nH]c(C3CCOCC3)cc2n1. The molecule has 7 nitrogen and oxygen atoms in total. The molecule has 2 aromatic heterocycles. The van der Waals surface area contributed by atoms with E-state index in [0.29, 0.717) is 30.5 Å². The minimum atomic E-state index is -0.410. The summed E-state index contributed by atoms with van der Waals surface area (Å²) in [6, 6.07) is 8.83. The highest BCUT2D eigenvalue weighted by atomic mass is 19.1. The third-order valence-corrected chi connectivity index (χ3v) is 5.73. The third-order valence-electron chi connectivity index (χ3n) is 5.73. The van der Waals surface area contributed by atoms with Crippen LogP contribution in [0.2, 0.25) is 0 Å². The molecule has 0 radical (unpaired) electrons. The average Bonchev–Trinajstić information content (AvgIpc) is 3.19. The molecule has 1 amide bonds. The molecule has 164 valence electrons. The average molecular weight is 426 g/mol. The van der Waals surface area contributed by atoms with Crippen LogP contribution in [0.4, 0.5) is 4.39 Å². The summed E-state index contributed by atoms with van der Waals surface area (Å²) in [7, 11) is 0. The Hall–Kier alpha value is -3.00. The van der Waals surface area contributed by atoms with Crippen LogP contribution in [-0.2, 0) is 16.0 Å². The Morgan fingerprint density at radius 1 is 1.26 bits per heavy atom. The number of H-pyrrole nitrogens is 1. The first kappa shape index (κ1) is 21.2. The van der Waals surface area contributed by atoms with Crippen molar-refractivity contribution in [2.45, 2.75) is 45.1 Å². The number of carbonyl (C=O) groups is 1. The molecule has 1 aliphatic heterocycles. The summed E-state index contributed by atoms with van der Waals surface area (Å²) in [4.78, 5) is 30.0. The molecule has 0 unspecified atom stereocenters. The molecule has 1 saturated heterocycles. The fourth-order valence-corrected chi connectivity index (χ4v) is 4.00. The molecule has 3 aromatic rings. The van der Waals surface area contributed by atoms with Gasteiger partial charge >= 0.3 is 0 Å². The summed E-state index contributed by atoms with van der Waals surface area (Å²) in [5.74, 6) is -0.201. The zero-order valence-corrected chi connectivity index (χ0v) is 17.7. The van der Waals surface area contributed by atoms with Gasteiger partial charge in [0, 0.05) is 37.0 Å². The molecule has 0 spiro atoms. The van der Waals surface area contributed by atoms with Gasteiger partial charge in [-0.05, 0) is 36.5 Å². The Labute approximate surface area is 179 Å². The molecule has 0 bridgehead atoms. The Kier molecular flexibility index (Phi) is 6.18. The zero-order chi connectivity index (χ0) is 22.0. The van der Waals surface area contributed by atoms with E-state index >= 15 is 0 Å². The minimum Gasteiger partial charge on any atom is -0.381 e. The van der Waals surface area contributed by atoms with E-state index in [2.05, 4.69) is 15.4 Å². The van der Waals surface area contributed by atoms with Crippen molar-refractivity contribution in [2.75, 3.05) is 13.2 Å². The maximum absolute atomic E-state index is 13.1. The molecule has 0 saturated carbocycles. The Morgan fingerprint density at radius 2 is 1.97 bits per heavy atom. The monoisotopic (exact) mass is 426 g/mol. The lowest BCUT2D eigenvalue weighted by molar-refractivity contribution is -0.121. The molecule has 1 fully saturated rings. The summed E-state index contributed by atoms with van der Waals surface area (Å²) >= 11 is 0. The number of nitrogens with zero attached hydrogens (tertiary/aromatic N) is 2. The third kappa shape index (κ3) is 4.85. The van der Waals surface area contributed by atoms with E-state index in [1.165, 1.54) is 22.7 Å². The highest BCUT2D eigenvalue weighted by Gasteiger charge is 2.23. The van der Waals surface area contributed by atoms with Gasteiger partial charge in [-0.25, -0.2) is 13.9 Å². The summed E-state index contributed by atoms with van der Waals surface area (Å²) in [6.07, 6.45) is 1.94. The van der Waals surface area contributed by atoms with Crippen LogP contribution in [0.25, 0.3) is 5.65 Å². The van der Waals surface area contributed by atoms with Gasteiger partial charge in [0.2, 0.25) is 5.91 Å². The number of hydrogen-bond acceptors (Lipinski definition) is 4. The summed E-state index contributed by atoms with van der Waals surface area (Å²) in [5.41, 5.74) is 2.56. The number of halogens is 1. The van der Waals surface area contributed by atoms with Crippen molar-refractivity contribution < 1.29 is 13.9 Å². The van der Waals surface area contributed by atoms with E-state index in [9.17, 15) is 14.0 Å². The van der Waals surface area contributed by atoms with Crippen molar-refractivity contribution in [1.82, 2.24) is 19.9 Å². The second kappa shape index (κ2) is 9.01. The predicted molar refractivity (Wildman–Crippen MR) is 114 cm³/mol. The molecule has 8 heteroatoms. The van der Waals surface area contributed by atoms with Crippen LogP contribution in [0.15, 0.2) is 41.2 Å². The van der Waals surface area contributed by atoms with Gasteiger partial charge in [-0.1, -0.05) is 26.0 Å². The normalized spacial score (nSPS) is 16.0. The number of rotatable bonds is 6. The van der Waals surface area contributed by atoms with Crippen molar-refractivity contribution in [1.29, 1.82) is 0 Å². The van der Waals surface area contributed by atoms with Crippen LogP contribution in [0, 0.1) is 11.7 Å². The molecule has 4 rings (SSSR count). The molecule has 3 heterocycles. The van der Waals surface area contributed by atoms with Crippen LogP contribution in [0.5, 0.6) is 0 Å². The fraction of sp³-hybridized carbons (Fsp3) is 0.435. The highest BCUT2D eigenvalue weighted by Crippen LogP contribution is 2.26. The maximum atomic E-state index is 13.1. The lowest BCUT2D eigenvalue weighted by atomic mass is 9.97. The molecule has 1 aliphatic rings. The van der Waals surface area contributed by atoms with Gasteiger partial charge in [0.1, 0.15) is 5.82 Å². The van der Waals surface area contributed by atoms with E-state index in [0.717, 1.165) is 24.1 Å². The standard InChI is InChI=1S/C23H27FN4O3/c1-14(2)23(26-21(29)11-15-3-5-17(24)6-4-15)19-13-22(30)28-20(25-19)12-18(27-28)16-7-9-31-10-8-16/h3-6,12-14,16,23,27H,7-11H2,1-2H3,(H,26,29)/t23-/m0/s1. The van der Waals surface area contributed by atoms with Gasteiger partial charge in [-0.15, -0.1) is 0 Å². The van der Waals surface area contributed by atoms with Crippen LogP contribution in [0.3, 0.4) is 0 Å². The number of aromatic amines is 1. The second-order valence-corrected chi connectivity index (χ2v) is 8.40. The lowest BCUT2D eigenvalue weighted by Crippen LogP contribution is -2.34. The van der Waals surface area contributed by atoms with Gasteiger partial charge in [-0.2, -0.15) is 0 Å². The number of carbonyl (C=O) groups excluding carboxylic acids is 1. The van der Waals surface area contributed by atoms with E-state index in [4.69, 9.17) is 4.74 Å². The smallest absolute Gasteiger partial charge is 0.272 e. The first-order chi connectivity index (χ1) is 14.9. The largest absolute Gasteiger partial charge is 0.381 e. The first-order valence-corrected chi connectivity index (χ1v) is 10.6. The van der Waals surface area contributed by atoms with E-state index in [1.54, 1.807) is 12.1 Å². The second-order valence-electron chi connectivity index (χ2n) is 8.40. The Morgan fingerprint density at radius 3 is 2.65 bits per heavy atom. The molecular weight excluding hydrogens is 399 g/mol. The van der Waals surface area contributed by atoms with E-state index in [-0.39, 0.29) is 29.6 Å². The van der Waals surface area contributed by atoms with E-state index < -0.39 is 6.04 Å². The topological polar surface area (TPSA) is 88.5 Å². The Balaban J connectivity index is 1.57. The van der Waals surface area contributed by atoms with Gasteiger partial charge in [-0.3, -0.25) is 14.7 Å². The van der Waals surface area contributed by atoms with Crippen molar-refractivity contribution in [2.24, 2.45) is 5.92 Å². The number of hydrogen-bond donors (Lipinski definition) is 2. The zero-order valence-electron chi connectivity index (χ0n) is 17.7. The molecule has 0 aliphatic carbocycles. The van der Waals surface area contributed by atoms with Crippen LogP contribution < -0.4 is 10.9 Å². The predicted octanol–water partition coefficient (Wildman–Crippen LogP) is 3.11. The summed E-state index contributed by atoms with van der Waals surface area (Å²) in [6.45, 7) is 5.36. The quantitative estimate of drug-likeness (QED) is 0.634. The fourth-order valence-electron chi connectivity index (χ4n) is 4.00. The number of ether oxygens (including phenoxy) is 1. The van der Waals surface area contributed by atoms with Crippen LogP contribution >= 0.6 is 0 Å². The molecule has 31 heavy (non-hydrogen) atoms. The van der Waals surface area contributed by atoms with Crippen molar-refractivity contribution in [3.05, 3.63) is 69.5 Å². The van der Waals surface area contributed by atoms with Gasteiger partial charge < -0.3 is 10.1 Å². The Bertz CT molecular complexity index is 1110. The van der Waals surface area contributed by atoms with E-state index in [1.807, 2.05) is 19.9 Å². The summed E-state index contributed by atoms with van der Waals surface area (Å²) in [5, 5.41) is 6.16. The number of benzene rings is 1. The minimum absolute atomic E-state index is 0.0282. The number of fused-ring (bicyclic) bond motifs is 1. The summed E-state index contributed by atoms with van der Waals surface area (Å²) < 4.78 is 20.0. The van der Waals surface area contributed by atoms with Gasteiger partial charge in [0.15, 0.2) is 5.65 Å². The first-order valence-electron chi connectivity index (χ1n) is 10.6. The lowest BCUT2D eigenvalue weighted by Gasteiger charge is -2.22. The van der Waals surface area contributed by atoms with Crippen LogP contribution in [0.1, 0.15) is 55.6 Å². The number of aromatic nitrogens is 3. The van der Waals surface area contributed by atoms with Gasteiger partial charge in [0.05, 0.1) is 18.2 Å². The van der Waals surface area contributed by atoms with Gasteiger partial charge in [0.25, 0.3) is 5.56 Å². The maximum Gasteiger partial charge on any atom is 0.272 e.